The molecule has 162 valence electrons. The molecular formula is C23H24N2O5S. The summed E-state index contributed by atoms with van der Waals surface area (Å²) in [5.41, 5.74) is 0.642. The van der Waals surface area contributed by atoms with Gasteiger partial charge in [0.15, 0.2) is 0 Å². The quantitative estimate of drug-likeness (QED) is 0.529. The number of carbonyl (C=O) groups excluding carboxylic acids is 1. The van der Waals surface area contributed by atoms with Crippen LogP contribution in [0.15, 0.2) is 83.8 Å². The Morgan fingerprint density at radius 2 is 1.61 bits per heavy atom. The zero-order chi connectivity index (χ0) is 22.3. The van der Waals surface area contributed by atoms with Crippen LogP contribution in [0.3, 0.4) is 0 Å². The highest BCUT2D eigenvalue weighted by Gasteiger charge is 2.15. The molecule has 31 heavy (non-hydrogen) atoms. The van der Waals surface area contributed by atoms with Gasteiger partial charge in [0, 0.05) is 11.3 Å². The van der Waals surface area contributed by atoms with Gasteiger partial charge in [-0.25, -0.2) is 8.42 Å². The number of benzene rings is 3. The zero-order valence-corrected chi connectivity index (χ0v) is 18.1. The molecule has 0 aliphatic rings. The minimum absolute atomic E-state index is 0.147. The second-order valence-corrected chi connectivity index (χ2v) is 8.54. The molecule has 1 amide bonds. The van der Waals surface area contributed by atoms with E-state index in [0.29, 0.717) is 17.0 Å². The average Bonchev–Trinajstić information content (AvgIpc) is 2.78. The lowest BCUT2D eigenvalue weighted by Crippen LogP contribution is -2.36. The third-order valence-electron chi connectivity index (χ3n) is 4.37. The number of sulfonamides is 1. The van der Waals surface area contributed by atoms with Crippen molar-refractivity contribution in [3.05, 3.63) is 84.4 Å². The second kappa shape index (κ2) is 9.99. The van der Waals surface area contributed by atoms with Gasteiger partial charge in [-0.05, 0) is 61.5 Å². The molecule has 0 saturated carbocycles. The fourth-order valence-corrected chi connectivity index (χ4v) is 3.85. The van der Waals surface area contributed by atoms with E-state index in [0.717, 1.165) is 5.75 Å². The summed E-state index contributed by atoms with van der Waals surface area (Å²) in [6, 6.07) is 21.3. The van der Waals surface area contributed by atoms with Crippen molar-refractivity contribution in [1.29, 1.82) is 0 Å². The van der Waals surface area contributed by atoms with Crippen LogP contribution in [0.25, 0.3) is 0 Å². The first-order valence-electron chi connectivity index (χ1n) is 9.63. The van der Waals surface area contributed by atoms with Crippen molar-refractivity contribution in [1.82, 2.24) is 5.32 Å². The van der Waals surface area contributed by atoms with Crippen LogP contribution in [0, 0.1) is 0 Å². The van der Waals surface area contributed by atoms with Crippen LogP contribution < -0.4 is 19.5 Å². The van der Waals surface area contributed by atoms with Crippen molar-refractivity contribution in [3.63, 3.8) is 0 Å². The Balaban J connectivity index is 1.59. The van der Waals surface area contributed by atoms with E-state index >= 15 is 0 Å². The summed E-state index contributed by atoms with van der Waals surface area (Å²) in [6.45, 7) is 2.10. The lowest BCUT2D eigenvalue weighted by molar-refractivity contribution is 0.0926. The predicted octanol–water partition coefficient (Wildman–Crippen LogP) is 3.69. The van der Waals surface area contributed by atoms with Crippen LogP contribution >= 0.6 is 0 Å². The van der Waals surface area contributed by atoms with E-state index in [4.69, 9.17) is 9.47 Å². The maximum atomic E-state index is 12.6. The molecule has 3 aromatic carbocycles. The molecule has 0 heterocycles. The summed E-state index contributed by atoms with van der Waals surface area (Å²) in [5, 5.41) is 2.84. The Labute approximate surface area is 182 Å². The first-order chi connectivity index (χ1) is 14.9. The first-order valence-corrected chi connectivity index (χ1v) is 11.1. The van der Waals surface area contributed by atoms with Crippen molar-refractivity contribution in [2.24, 2.45) is 0 Å². The summed E-state index contributed by atoms with van der Waals surface area (Å²) < 4.78 is 38.3. The van der Waals surface area contributed by atoms with E-state index in [1.54, 1.807) is 67.8 Å². The van der Waals surface area contributed by atoms with Gasteiger partial charge in [-0.2, -0.15) is 0 Å². The molecule has 0 aliphatic heterocycles. The molecule has 0 saturated heterocycles. The maximum Gasteiger partial charge on any atom is 0.261 e. The molecule has 0 radical (unpaired) electrons. The van der Waals surface area contributed by atoms with Gasteiger partial charge in [-0.1, -0.05) is 24.3 Å². The molecule has 0 spiro atoms. The van der Waals surface area contributed by atoms with Gasteiger partial charge < -0.3 is 14.8 Å². The summed E-state index contributed by atoms with van der Waals surface area (Å²) in [6.07, 6.45) is 0. The summed E-state index contributed by atoms with van der Waals surface area (Å²) in [7, 11) is -2.14. The smallest absolute Gasteiger partial charge is 0.261 e. The molecule has 0 aliphatic carbocycles. The lowest BCUT2D eigenvalue weighted by Gasteiger charge is -2.16. The molecule has 1 atom stereocenters. The van der Waals surface area contributed by atoms with Crippen LogP contribution in [-0.2, 0) is 10.0 Å². The number of nitrogens with one attached hydrogen (secondary N) is 2. The van der Waals surface area contributed by atoms with Gasteiger partial charge in [0.1, 0.15) is 18.1 Å². The molecule has 2 N–H and O–H groups in total. The Hall–Kier alpha value is -3.52. The zero-order valence-electron chi connectivity index (χ0n) is 17.2. The number of methoxy groups -OCH3 is 1. The normalized spacial score (nSPS) is 11.9. The molecular weight excluding hydrogens is 416 g/mol. The number of hydrogen-bond acceptors (Lipinski definition) is 5. The van der Waals surface area contributed by atoms with Gasteiger partial charge >= 0.3 is 0 Å². The molecule has 0 unspecified atom stereocenters. The molecule has 3 rings (SSSR count). The molecule has 0 fully saturated rings. The largest absolute Gasteiger partial charge is 0.497 e. The Morgan fingerprint density at radius 3 is 2.29 bits per heavy atom. The van der Waals surface area contributed by atoms with Gasteiger partial charge in [-0.15, -0.1) is 0 Å². The molecule has 0 bridgehead atoms. The summed E-state index contributed by atoms with van der Waals surface area (Å²) in [4.78, 5) is 12.7. The molecule has 0 aromatic heterocycles. The van der Waals surface area contributed by atoms with E-state index < -0.39 is 10.0 Å². The van der Waals surface area contributed by atoms with Crippen LogP contribution in [0.4, 0.5) is 5.69 Å². The topological polar surface area (TPSA) is 93.7 Å². The third kappa shape index (κ3) is 6.23. The standard InChI is InChI=1S/C23H24N2O5S/c1-17(16-30-21-13-11-20(29-2)12-14-21)24-23(26)18-7-6-8-19(15-18)25-31(27,28)22-9-4-3-5-10-22/h3-15,17,25H,16H2,1-2H3,(H,24,26)/t17-/m0/s1. The van der Waals surface area contributed by atoms with Crippen LogP contribution in [0.1, 0.15) is 17.3 Å². The van der Waals surface area contributed by atoms with Crippen LogP contribution in [0.5, 0.6) is 11.5 Å². The number of anilines is 1. The maximum absolute atomic E-state index is 12.6. The molecule has 7 nitrogen and oxygen atoms in total. The summed E-state index contributed by atoms with van der Waals surface area (Å²) in [5.74, 6) is 1.07. The van der Waals surface area contributed by atoms with Crippen molar-refractivity contribution in [3.8, 4) is 11.5 Å². The number of ether oxygens (including phenoxy) is 2. The Bertz CT molecular complexity index is 1120. The van der Waals surface area contributed by atoms with Gasteiger partial charge in [-0.3, -0.25) is 9.52 Å². The third-order valence-corrected chi connectivity index (χ3v) is 5.76. The molecule has 8 heteroatoms. The van der Waals surface area contributed by atoms with Gasteiger partial charge in [0.05, 0.1) is 18.0 Å². The second-order valence-electron chi connectivity index (χ2n) is 6.86. The minimum atomic E-state index is -3.73. The number of hydrogen-bond donors (Lipinski definition) is 2. The van der Waals surface area contributed by atoms with Crippen LogP contribution in [-0.4, -0.2) is 34.1 Å². The molecule has 3 aromatic rings. The van der Waals surface area contributed by atoms with E-state index in [1.165, 1.54) is 18.2 Å². The fraction of sp³-hybridized carbons (Fsp3) is 0.174. The highest BCUT2D eigenvalue weighted by atomic mass is 32.2. The first kappa shape index (κ1) is 22.2. The average molecular weight is 441 g/mol. The van der Waals surface area contributed by atoms with Crippen molar-refractivity contribution < 1.29 is 22.7 Å². The van der Waals surface area contributed by atoms with E-state index in [1.807, 2.05) is 6.92 Å². The SMILES string of the molecule is COc1ccc(OC[C@H](C)NC(=O)c2cccc(NS(=O)(=O)c3ccccc3)c2)cc1. The van der Waals surface area contributed by atoms with E-state index in [-0.39, 0.29) is 23.5 Å². The highest BCUT2D eigenvalue weighted by molar-refractivity contribution is 7.92. The van der Waals surface area contributed by atoms with Crippen LogP contribution in [0.2, 0.25) is 0 Å². The van der Waals surface area contributed by atoms with Gasteiger partial charge in [0.25, 0.3) is 15.9 Å². The predicted molar refractivity (Wildman–Crippen MR) is 119 cm³/mol. The van der Waals surface area contributed by atoms with E-state index in [9.17, 15) is 13.2 Å². The monoisotopic (exact) mass is 440 g/mol. The van der Waals surface area contributed by atoms with E-state index in [2.05, 4.69) is 10.0 Å². The summed E-state index contributed by atoms with van der Waals surface area (Å²) >= 11 is 0. The fourth-order valence-electron chi connectivity index (χ4n) is 2.78. The Morgan fingerprint density at radius 1 is 0.935 bits per heavy atom. The van der Waals surface area contributed by atoms with Crippen molar-refractivity contribution in [2.75, 3.05) is 18.4 Å². The number of carbonyl (C=O) groups is 1. The van der Waals surface area contributed by atoms with Crippen molar-refractivity contribution >= 4 is 21.6 Å². The number of amides is 1. The van der Waals surface area contributed by atoms with Gasteiger partial charge in [0.2, 0.25) is 0 Å². The highest BCUT2D eigenvalue weighted by Crippen LogP contribution is 2.18. The Kier molecular flexibility index (Phi) is 7.15. The lowest BCUT2D eigenvalue weighted by atomic mass is 10.2. The van der Waals surface area contributed by atoms with Crippen molar-refractivity contribution in [2.45, 2.75) is 17.9 Å². The number of rotatable bonds is 9. The minimum Gasteiger partial charge on any atom is -0.497 e.